The van der Waals surface area contributed by atoms with E-state index >= 15 is 0 Å². The molecule has 2 fully saturated rings. The summed E-state index contributed by atoms with van der Waals surface area (Å²) in [5, 5.41) is 21.2. The molecule has 3 atom stereocenters. The first-order valence-electron chi connectivity index (χ1n) is 14.0. The van der Waals surface area contributed by atoms with Crippen molar-refractivity contribution in [3.05, 3.63) is 94.2 Å². The highest BCUT2D eigenvalue weighted by Gasteiger charge is 2.51. The summed E-state index contributed by atoms with van der Waals surface area (Å²) < 4.78 is 8.52. The predicted molar refractivity (Wildman–Crippen MR) is 149 cm³/mol. The summed E-state index contributed by atoms with van der Waals surface area (Å²) in [6, 6.07) is 16.4. The highest BCUT2D eigenvalue weighted by atomic mass is 16.5. The number of carboxylic acid groups (broad SMARTS) is 2. The first-order valence-corrected chi connectivity index (χ1v) is 14.0. The molecule has 2 saturated carbocycles. The van der Waals surface area contributed by atoms with Crippen molar-refractivity contribution in [1.29, 1.82) is 0 Å². The molecular formula is C33H31NO5. The number of ether oxygens (including phenoxy) is 1. The van der Waals surface area contributed by atoms with E-state index in [0.29, 0.717) is 18.9 Å². The molecule has 1 aliphatic heterocycles. The van der Waals surface area contributed by atoms with Gasteiger partial charge in [-0.3, -0.25) is 9.59 Å². The van der Waals surface area contributed by atoms with E-state index < -0.39 is 29.7 Å². The fourth-order valence-electron chi connectivity index (χ4n) is 7.12. The van der Waals surface area contributed by atoms with Gasteiger partial charge in [-0.1, -0.05) is 67.8 Å². The molecule has 0 bridgehead atoms. The van der Waals surface area contributed by atoms with Gasteiger partial charge in [-0.05, 0) is 65.2 Å². The summed E-state index contributed by atoms with van der Waals surface area (Å²) in [5.41, 5.74) is 6.65. The lowest BCUT2D eigenvalue weighted by molar-refractivity contribution is -0.142. The van der Waals surface area contributed by atoms with Crippen molar-refractivity contribution < 1.29 is 24.5 Å². The van der Waals surface area contributed by atoms with Crippen LogP contribution in [0.5, 0.6) is 5.75 Å². The fourth-order valence-corrected chi connectivity index (χ4v) is 7.12. The number of carbonyl (C=O) groups is 2. The van der Waals surface area contributed by atoms with Gasteiger partial charge in [-0.15, -0.1) is 0 Å². The van der Waals surface area contributed by atoms with Crippen molar-refractivity contribution in [2.45, 2.75) is 57.0 Å². The second-order valence-electron chi connectivity index (χ2n) is 11.2. The van der Waals surface area contributed by atoms with Gasteiger partial charge in [-0.2, -0.15) is 0 Å². The summed E-state index contributed by atoms with van der Waals surface area (Å²) in [4.78, 5) is 24.7. The van der Waals surface area contributed by atoms with Crippen LogP contribution in [-0.4, -0.2) is 26.7 Å². The van der Waals surface area contributed by atoms with Crippen molar-refractivity contribution in [2.24, 2.45) is 11.8 Å². The van der Waals surface area contributed by atoms with E-state index in [4.69, 9.17) is 4.74 Å². The van der Waals surface area contributed by atoms with Gasteiger partial charge >= 0.3 is 11.9 Å². The number of hydrogen-bond donors (Lipinski definition) is 2. The van der Waals surface area contributed by atoms with Crippen LogP contribution < -0.4 is 4.74 Å². The minimum Gasteiger partial charge on any atom is -0.488 e. The summed E-state index contributed by atoms with van der Waals surface area (Å²) in [7, 11) is 0. The Balaban J connectivity index is 1.45. The van der Waals surface area contributed by atoms with Crippen LogP contribution in [0, 0.1) is 11.8 Å². The molecule has 3 aromatic rings. The molecule has 1 aromatic heterocycles. The third-order valence-electron chi connectivity index (χ3n) is 9.02. The minimum atomic E-state index is -0.882. The Morgan fingerprint density at radius 2 is 1.77 bits per heavy atom. The zero-order valence-electron chi connectivity index (χ0n) is 21.7. The highest BCUT2D eigenvalue weighted by Crippen LogP contribution is 2.57. The van der Waals surface area contributed by atoms with Crippen molar-refractivity contribution in [3.8, 4) is 5.75 Å². The summed E-state index contributed by atoms with van der Waals surface area (Å²) in [6.07, 6.45) is 12.1. The zero-order chi connectivity index (χ0) is 26.7. The summed E-state index contributed by atoms with van der Waals surface area (Å²) in [6.45, 7) is 0.431. The number of hydrogen-bond acceptors (Lipinski definition) is 3. The van der Waals surface area contributed by atoms with Crippen LogP contribution in [0.15, 0.2) is 77.4 Å². The van der Waals surface area contributed by atoms with Crippen LogP contribution in [-0.2, 0) is 16.2 Å². The molecule has 0 radical (unpaired) electrons. The number of rotatable bonds is 6. The average Bonchev–Trinajstić information content (AvgIpc) is 3.59. The number of nitrogens with zero attached hydrogens (tertiary/aromatic N) is 1. The lowest BCUT2D eigenvalue weighted by Gasteiger charge is -2.28. The first-order chi connectivity index (χ1) is 19.0. The van der Waals surface area contributed by atoms with Gasteiger partial charge in [0.05, 0.1) is 11.4 Å². The molecule has 0 spiro atoms. The molecule has 39 heavy (non-hydrogen) atoms. The van der Waals surface area contributed by atoms with Crippen molar-refractivity contribution in [3.63, 3.8) is 0 Å². The van der Waals surface area contributed by atoms with Gasteiger partial charge in [-0.25, -0.2) is 0 Å². The van der Waals surface area contributed by atoms with Crippen molar-refractivity contribution in [2.75, 3.05) is 0 Å². The molecule has 6 heteroatoms. The lowest BCUT2D eigenvalue weighted by Crippen LogP contribution is -2.26. The number of aliphatic carboxylic acids is 2. The van der Waals surface area contributed by atoms with E-state index in [0.717, 1.165) is 57.5 Å². The van der Waals surface area contributed by atoms with E-state index in [1.54, 1.807) is 0 Å². The lowest BCUT2D eigenvalue weighted by atomic mass is 9.77. The molecule has 2 aromatic carbocycles. The van der Waals surface area contributed by atoms with Gasteiger partial charge in [0.15, 0.2) is 0 Å². The summed E-state index contributed by atoms with van der Waals surface area (Å²) in [5.74, 6) is -2.32. The van der Waals surface area contributed by atoms with E-state index in [1.165, 1.54) is 24.8 Å². The average molecular weight is 522 g/mol. The second-order valence-corrected chi connectivity index (χ2v) is 11.2. The minimum absolute atomic E-state index is 0.410. The molecule has 4 aliphatic rings. The van der Waals surface area contributed by atoms with Crippen LogP contribution in [0.2, 0.25) is 0 Å². The van der Waals surface area contributed by atoms with Crippen LogP contribution in [0.3, 0.4) is 0 Å². The molecule has 2 N–H and O–H groups in total. The predicted octanol–water partition coefficient (Wildman–Crippen LogP) is 6.88. The van der Waals surface area contributed by atoms with E-state index in [2.05, 4.69) is 22.8 Å². The Bertz CT molecular complexity index is 1580. The topological polar surface area (TPSA) is 88.8 Å². The third kappa shape index (κ3) is 3.92. The van der Waals surface area contributed by atoms with Gasteiger partial charge in [0, 0.05) is 23.2 Å². The van der Waals surface area contributed by atoms with Gasteiger partial charge in [0.2, 0.25) is 0 Å². The molecule has 7 rings (SSSR count). The third-order valence-corrected chi connectivity index (χ3v) is 9.02. The fraction of sp³-hybridized carbons (Fsp3) is 0.333. The molecular weight excluding hydrogens is 490 g/mol. The Morgan fingerprint density at radius 3 is 2.51 bits per heavy atom. The Morgan fingerprint density at radius 1 is 0.974 bits per heavy atom. The van der Waals surface area contributed by atoms with Crippen LogP contribution in [0.4, 0.5) is 0 Å². The molecule has 2 unspecified atom stereocenters. The molecule has 0 amide bonds. The number of aromatic nitrogens is 1. The van der Waals surface area contributed by atoms with Gasteiger partial charge in [0.25, 0.3) is 0 Å². The molecule has 0 saturated heterocycles. The SMILES string of the molecule is O=C(O)C1C2=Cn3c(cc4c(OCc5ccccc5)ccc(C5CCCCC5)c43)C3C(=C21)C=CC[C@H]3C(=O)O. The van der Waals surface area contributed by atoms with E-state index in [9.17, 15) is 19.8 Å². The quantitative estimate of drug-likeness (QED) is 0.369. The zero-order valence-corrected chi connectivity index (χ0v) is 21.7. The monoisotopic (exact) mass is 521 g/mol. The molecule has 198 valence electrons. The largest absolute Gasteiger partial charge is 0.488 e. The maximum absolute atomic E-state index is 12.5. The van der Waals surface area contributed by atoms with Gasteiger partial charge < -0.3 is 19.5 Å². The van der Waals surface area contributed by atoms with Crippen LogP contribution in [0.1, 0.15) is 67.2 Å². The Hall–Kier alpha value is -4.06. The number of allylic oxidation sites excluding steroid dienone is 3. The normalized spacial score (nSPS) is 23.9. The smallest absolute Gasteiger partial charge is 0.315 e. The Labute approximate surface area is 226 Å². The second kappa shape index (κ2) is 9.30. The van der Waals surface area contributed by atoms with Crippen LogP contribution >= 0.6 is 0 Å². The molecule has 6 nitrogen and oxygen atoms in total. The standard InChI is InChI=1S/C33H31NO5/c35-32(36)23-13-7-12-22-28(23)26-16-24-27(39-18-19-8-3-1-4-9-19)15-14-21(20-10-5-2-6-11-20)31(24)34(26)17-25-29(22)30(25)33(37)38/h1,3-4,7-9,12,14-17,20,23,28,30H,2,5-6,10-11,13,18H2,(H,35,36)(H,37,38)/t23-,28?,30?/m1/s1. The maximum Gasteiger partial charge on any atom is 0.315 e. The van der Waals surface area contributed by atoms with Crippen molar-refractivity contribution in [1.82, 2.24) is 4.57 Å². The molecule has 2 heterocycles. The highest BCUT2D eigenvalue weighted by molar-refractivity contribution is 5.98. The maximum atomic E-state index is 12.5. The first kappa shape index (κ1) is 24.0. The Kier molecular flexibility index (Phi) is 5.72. The summed E-state index contributed by atoms with van der Waals surface area (Å²) >= 11 is 0. The van der Waals surface area contributed by atoms with E-state index in [-0.39, 0.29) is 0 Å². The van der Waals surface area contributed by atoms with Crippen molar-refractivity contribution >= 4 is 29.0 Å². The van der Waals surface area contributed by atoms with Gasteiger partial charge in [0.1, 0.15) is 18.3 Å². The number of fused-ring (bicyclic) bond motifs is 6. The molecule has 3 aliphatic carbocycles. The van der Waals surface area contributed by atoms with E-state index in [1.807, 2.05) is 48.7 Å². The van der Waals surface area contributed by atoms with Crippen LogP contribution in [0.25, 0.3) is 17.1 Å². The number of benzene rings is 2. The number of carboxylic acids is 2.